The summed E-state index contributed by atoms with van der Waals surface area (Å²) >= 11 is 3.25. The average Bonchev–Trinajstić information content (AvgIpc) is 3.03. The Labute approximate surface area is 172 Å². The van der Waals surface area contributed by atoms with Crippen molar-refractivity contribution in [3.63, 3.8) is 0 Å². The molecule has 1 heterocycles. The molecule has 0 atom stereocenters. The van der Waals surface area contributed by atoms with Crippen molar-refractivity contribution in [2.24, 2.45) is 0 Å². The van der Waals surface area contributed by atoms with Crippen LogP contribution in [-0.4, -0.2) is 16.8 Å². The lowest BCUT2D eigenvalue weighted by Crippen LogP contribution is -2.15. The Morgan fingerprint density at radius 2 is 1.82 bits per heavy atom. The van der Waals surface area contributed by atoms with Gasteiger partial charge in [-0.2, -0.15) is 0 Å². The first-order valence-corrected chi connectivity index (χ1v) is 10.5. The summed E-state index contributed by atoms with van der Waals surface area (Å²) in [4.78, 5) is 29.0. The molecule has 144 valence electrons. The Hall–Kier alpha value is -2.64. The number of hydrogen-bond donors (Lipinski definition) is 2. The van der Waals surface area contributed by atoms with Crippen molar-refractivity contribution in [1.29, 1.82) is 0 Å². The Bertz CT molecular complexity index is 997. The van der Waals surface area contributed by atoms with Gasteiger partial charge in [0.25, 0.3) is 0 Å². The molecule has 0 saturated heterocycles. The van der Waals surface area contributed by atoms with Crippen molar-refractivity contribution >= 4 is 46.3 Å². The lowest BCUT2D eigenvalue weighted by atomic mass is 10.1. The first kappa shape index (κ1) is 20.1. The first-order chi connectivity index (χ1) is 13.4. The molecule has 0 spiro atoms. The van der Waals surface area contributed by atoms with Crippen molar-refractivity contribution in [2.45, 2.75) is 36.4 Å². The van der Waals surface area contributed by atoms with Crippen LogP contribution in [0.5, 0.6) is 0 Å². The number of benzene rings is 2. The molecule has 0 radical (unpaired) electrons. The van der Waals surface area contributed by atoms with E-state index in [0.29, 0.717) is 0 Å². The van der Waals surface area contributed by atoms with Gasteiger partial charge in [-0.3, -0.25) is 9.59 Å². The molecule has 2 amide bonds. The van der Waals surface area contributed by atoms with Crippen LogP contribution in [0.2, 0.25) is 0 Å². The third-order valence-electron chi connectivity index (χ3n) is 3.91. The van der Waals surface area contributed by atoms with Crippen molar-refractivity contribution in [3.8, 4) is 0 Å². The maximum atomic E-state index is 12.4. The number of anilines is 2. The third kappa shape index (κ3) is 5.68. The first-order valence-electron chi connectivity index (χ1n) is 8.76. The second-order valence-corrected chi connectivity index (χ2v) is 8.62. The zero-order chi connectivity index (χ0) is 20.1. The van der Waals surface area contributed by atoms with Gasteiger partial charge in [0, 0.05) is 34.3 Å². The minimum atomic E-state index is -0.118. The van der Waals surface area contributed by atoms with E-state index in [-0.39, 0.29) is 18.2 Å². The van der Waals surface area contributed by atoms with Gasteiger partial charge in [0.2, 0.25) is 11.8 Å². The van der Waals surface area contributed by atoms with Crippen LogP contribution in [0.3, 0.4) is 0 Å². The highest BCUT2D eigenvalue weighted by Crippen LogP contribution is 2.32. The quantitative estimate of drug-likeness (QED) is 0.595. The van der Waals surface area contributed by atoms with Crippen LogP contribution in [0.1, 0.15) is 23.7 Å². The minimum absolute atomic E-state index is 0.0775. The molecule has 28 heavy (non-hydrogen) atoms. The largest absolute Gasteiger partial charge is 0.326 e. The highest BCUT2D eigenvalue weighted by molar-refractivity contribution is 8.01. The van der Waals surface area contributed by atoms with Crippen LogP contribution in [0, 0.1) is 13.8 Å². The normalized spacial score (nSPS) is 10.5. The van der Waals surface area contributed by atoms with Crippen LogP contribution in [0.25, 0.3) is 0 Å². The van der Waals surface area contributed by atoms with Gasteiger partial charge < -0.3 is 10.6 Å². The van der Waals surface area contributed by atoms with Crippen molar-refractivity contribution < 1.29 is 9.59 Å². The average molecular weight is 412 g/mol. The van der Waals surface area contributed by atoms with E-state index in [2.05, 4.69) is 21.7 Å². The van der Waals surface area contributed by atoms with Crippen molar-refractivity contribution in [1.82, 2.24) is 4.98 Å². The molecule has 3 rings (SSSR count). The highest BCUT2D eigenvalue weighted by Gasteiger charge is 2.09. The van der Waals surface area contributed by atoms with Crippen LogP contribution in [0.4, 0.5) is 11.4 Å². The molecule has 0 unspecified atom stereocenters. The van der Waals surface area contributed by atoms with Gasteiger partial charge >= 0.3 is 0 Å². The maximum Gasteiger partial charge on any atom is 0.228 e. The summed E-state index contributed by atoms with van der Waals surface area (Å²) in [6, 6.07) is 13.2. The van der Waals surface area contributed by atoms with Gasteiger partial charge in [0.15, 0.2) is 4.34 Å². The second kappa shape index (κ2) is 9.03. The van der Waals surface area contributed by atoms with E-state index in [4.69, 9.17) is 0 Å². The molecule has 3 aromatic rings. The van der Waals surface area contributed by atoms with Crippen molar-refractivity contribution in [3.05, 3.63) is 64.7 Å². The van der Waals surface area contributed by atoms with E-state index in [9.17, 15) is 9.59 Å². The van der Waals surface area contributed by atoms with Gasteiger partial charge in [-0.15, -0.1) is 11.3 Å². The number of nitrogens with zero attached hydrogens (tertiary/aromatic N) is 1. The Kier molecular flexibility index (Phi) is 6.49. The summed E-state index contributed by atoms with van der Waals surface area (Å²) in [5, 5.41) is 7.72. The van der Waals surface area contributed by atoms with E-state index in [0.717, 1.165) is 37.4 Å². The summed E-state index contributed by atoms with van der Waals surface area (Å²) in [6.45, 7) is 5.43. The molecule has 0 aliphatic carbocycles. The fourth-order valence-corrected chi connectivity index (χ4v) is 4.52. The molecule has 2 aromatic carbocycles. The molecule has 5 nitrogen and oxygen atoms in total. The molecule has 0 fully saturated rings. The number of hydrogen-bond acceptors (Lipinski definition) is 5. The van der Waals surface area contributed by atoms with Crippen LogP contribution >= 0.6 is 23.1 Å². The summed E-state index contributed by atoms with van der Waals surface area (Å²) in [5.41, 5.74) is 4.44. The summed E-state index contributed by atoms with van der Waals surface area (Å²) < 4.78 is 1.01. The number of carbonyl (C=O) groups is 2. The van der Waals surface area contributed by atoms with E-state index < -0.39 is 0 Å². The number of amides is 2. The number of nitrogens with one attached hydrogen (secondary N) is 2. The zero-order valence-corrected chi connectivity index (χ0v) is 17.5. The molecule has 1 aromatic heterocycles. The molecule has 0 bridgehead atoms. The SMILES string of the molecule is CC(=O)Nc1ccc(CC(=O)Nc2ccc(Sc3nc(C)cs3)cc2C)cc1. The van der Waals surface area contributed by atoms with Gasteiger partial charge in [-0.25, -0.2) is 4.98 Å². The predicted molar refractivity (Wildman–Crippen MR) is 115 cm³/mol. The molecular weight excluding hydrogens is 390 g/mol. The Balaban J connectivity index is 1.59. The number of carbonyl (C=O) groups excluding carboxylic acids is 2. The van der Waals surface area contributed by atoms with Gasteiger partial charge in [-0.1, -0.05) is 23.9 Å². The van der Waals surface area contributed by atoms with E-state index in [1.165, 1.54) is 6.92 Å². The van der Waals surface area contributed by atoms with E-state index in [1.807, 2.05) is 43.5 Å². The summed E-state index contributed by atoms with van der Waals surface area (Å²) in [6.07, 6.45) is 0.273. The summed E-state index contributed by atoms with van der Waals surface area (Å²) in [5.74, 6) is -0.195. The minimum Gasteiger partial charge on any atom is -0.326 e. The van der Waals surface area contributed by atoms with Crippen molar-refractivity contribution in [2.75, 3.05) is 10.6 Å². The smallest absolute Gasteiger partial charge is 0.228 e. The van der Waals surface area contributed by atoms with E-state index in [1.54, 1.807) is 35.2 Å². The predicted octanol–water partition coefficient (Wildman–Crippen LogP) is 5.05. The molecule has 2 N–H and O–H groups in total. The lowest BCUT2D eigenvalue weighted by Gasteiger charge is -2.10. The molecule has 0 aliphatic rings. The fraction of sp³-hybridized carbons (Fsp3) is 0.190. The van der Waals surface area contributed by atoms with Gasteiger partial charge in [-0.05, 0) is 55.3 Å². The number of rotatable bonds is 6. The number of aryl methyl sites for hydroxylation is 2. The van der Waals surface area contributed by atoms with Crippen LogP contribution in [0.15, 0.2) is 57.1 Å². The van der Waals surface area contributed by atoms with Gasteiger partial charge in [0.05, 0.1) is 6.42 Å². The Morgan fingerprint density at radius 3 is 2.43 bits per heavy atom. The zero-order valence-electron chi connectivity index (χ0n) is 15.9. The Morgan fingerprint density at radius 1 is 1.07 bits per heavy atom. The number of aromatic nitrogens is 1. The lowest BCUT2D eigenvalue weighted by molar-refractivity contribution is -0.116. The molecule has 7 heteroatoms. The second-order valence-electron chi connectivity index (χ2n) is 6.44. The van der Waals surface area contributed by atoms with Crippen LogP contribution < -0.4 is 10.6 Å². The third-order valence-corrected chi connectivity index (χ3v) is 5.96. The van der Waals surface area contributed by atoms with E-state index >= 15 is 0 Å². The highest BCUT2D eigenvalue weighted by atomic mass is 32.2. The fourth-order valence-electron chi connectivity index (χ4n) is 2.61. The monoisotopic (exact) mass is 411 g/mol. The summed E-state index contributed by atoms with van der Waals surface area (Å²) in [7, 11) is 0. The number of thiazole rings is 1. The molecular formula is C21H21N3O2S2. The van der Waals surface area contributed by atoms with Crippen LogP contribution in [-0.2, 0) is 16.0 Å². The topological polar surface area (TPSA) is 71.1 Å². The van der Waals surface area contributed by atoms with Gasteiger partial charge in [0.1, 0.15) is 0 Å². The standard InChI is InChI=1S/C21H21N3O2S2/c1-13-10-18(28-21-22-14(2)12-27-21)8-9-19(13)24-20(26)11-16-4-6-17(7-5-16)23-15(3)25/h4-10,12H,11H2,1-3H3,(H,23,25)(H,24,26). The molecule has 0 saturated carbocycles. The maximum absolute atomic E-state index is 12.4. The molecule has 0 aliphatic heterocycles.